The molecule has 0 fully saturated rings. The lowest BCUT2D eigenvalue weighted by molar-refractivity contribution is -0.130. The first-order valence-corrected chi connectivity index (χ1v) is 7.65. The van der Waals surface area contributed by atoms with Crippen LogP contribution in [0, 0.1) is 11.7 Å². The Hall–Kier alpha value is -1.91. The molecule has 0 saturated heterocycles. The van der Waals surface area contributed by atoms with Gasteiger partial charge in [0.25, 0.3) is 0 Å². The lowest BCUT2D eigenvalue weighted by Gasteiger charge is -2.21. The summed E-state index contributed by atoms with van der Waals surface area (Å²) in [6.07, 6.45) is 1.16. The number of rotatable bonds is 8. The number of hydrogen-bond acceptors (Lipinski definition) is 2. The Bertz CT molecular complexity index is 503. The van der Waals surface area contributed by atoms with Crippen molar-refractivity contribution in [3.05, 3.63) is 35.6 Å². The average Bonchev–Trinajstić information content (AvgIpc) is 2.44. The summed E-state index contributed by atoms with van der Waals surface area (Å²) in [6.45, 7) is 6.73. The number of halogens is 1. The third-order valence-electron chi connectivity index (χ3n) is 3.42. The van der Waals surface area contributed by atoms with Crippen molar-refractivity contribution in [2.24, 2.45) is 5.92 Å². The molecule has 0 saturated carbocycles. The Morgan fingerprint density at radius 3 is 2.55 bits per heavy atom. The number of nitrogens with zero attached hydrogens (tertiary/aromatic N) is 1. The third-order valence-corrected chi connectivity index (χ3v) is 3.42. The summed E-state index contributed by atoms with van der Waals surface area (Å²) in [5, 5.41) is 2.83. The molecule has 4 nitrogen and oxygen atoms in total. The van der Waals surface area contributed by atoms with Crippen LogP contribution in [0.4, 0.5) is 4.39 Å². The molecule has 0 unspecified atom stereocenters. The minimum atomic E-state index is -0.338. The summed E-state index contributed by atoms with van der Waals surface area (Å²) in [4.78, 5) is 24.9. The Balaban J connectivity index is 2.46. The molecule has 0 heterocycles. The van der Waals surface area contributed by atoms with Crippen LogP contribution in [0.5, 0.6) is 0 Å². The van der Waals surface area contributed by atoms with Crippen LogP contribution in [-0.4, -0.2) is 29.8 Å². The van der Waals surface area contributed by atoms with E-state index in [9.17, 15) is 14.0 Å². The summed E-state index contributed by atoms with van der Waals surface area (Å²) in [7, 11) is 0. The molecule has 1 aromatic carbocycles. The third kappa shape index (κ3) is 6.70. The second-order valence-electron chi connectivity index (χ2n) is 5.81. The number of carbonyl (C=O) groups is 2. The topological polar surface area (TPSA) is 49.4 Å². The van der Waals surface area contributed by atoms with Crippen LogP contribution < -0.4 is 5.32 Å². The van der Waals surface area contributed by atoms with E-state index in [2.05, 4.69) is 19.2 Å². The van der Waals surface area contributed by atoms with Gasteiger partial charge in [0.05, 0.1) is 0 Å². The van der Waals surface area contributed by atoms with Crippen LogP contribution in [0.1, 0.15) is 39.2 Å². The van der Waals surface area contributed by atoms with E-state index in [1.54, 1.807) is 18.2 Å². The zero-order valence-electron chi connectivity index (χ0n) is 13.6. The van der Waals surface area contributed by atoms with Crippen molar-refractivity contribution in [1.82, 2.24) is 10.2 Å². The zero-order valence-corrected chi connectivity index (χ0v) is 13.6. The predicted octanol–water partition coefficient (Wildman–Crippen LogP) is 2.73. The van der Waals surface area contributed by atoms with Gasteiger partial charge >= 0.3 is 0 Å². The van der Waals surface area contributed by atoms with E-state index in [0.717, 1.165) is 6.42 Å². The molecule has 0 atom stereocenters. The molecule has 1 rings (SSSR count). The van der Waals surface area contributed by atoms with Crippen LogP contribution in [-0.2, 0) is 16.1 Å². The first kappa shape index (κ1) is 18.1. The summed E-state index contributed by atoms with van der Waals surface area (Å²) in [5.41, 5.74) is 0.456. The second-order valence-corrected chi connectivity index (χ2v) is 5.81. The lowest BCUT2D eigenvalue weighted by Crippen LogP contribution is -2.34. The van der Waals surface area contributed by atoms with Crippen molar-refractivity contribution in [3.8, 4) is 0 Å². The van der Waals surface area contributed by atoms with Crippen LogP contribution in [0.15, 0.2) is 24.3 Å². The van der Waals surface area contributed by atoms with Crippen LogP contribution >= 0.6 is 0 Å². The van der Waals surface area contributed by atoms with Crippen molar-refractivity contribution in [1.29, 1.82) is 0 Å². The smallest absolute Gasteiger partial charge is 0.221 e. The molecule has 0 aromatic heterocycles. The van der Waals surface area contributed by atoms with Crippen molar-refractivity contribution < 1.29 is 14.0 Å². The standard InChI is InChI=1S/C17H25FN2O2/c1-13(2)8-10-19-17(22)9-11-20(14(3)21)12-15-6-4-5-7-16(15)18/h4-7,13H,8-12H2,1-3H3,(H,19,22). The molecule has 2 amide bonds. The Morgan fingerprint density at radius 2 is 1.95 bits per heavy atom. The van der Waals surface area contributed by atoms with Crippen LogP contribution in [0.2, 0.25) is 0 Å². The van der Waals surface area contributed by atoms with Crippen molar-refractivity contribution in [2.45, 2.75) is 40.2 Å². The predicted molar refractivity (Wildman–Crippen MR) is 84.6 cm³/mol. The molecular weight excluding hydrogens is 283 g/mol. The fourth-order valence-corrected chi connectivity index (χ4v) is 2.01. The fourth-order valence-electron chi connectivity index (χ4n) is 2.01. The monoisotopic (exact) mass is 308 g/mol. The highest BCUT2D eigenvalue weighted by Gasteiger charge is 2.13. The Labute approximate surface area is 131 Å². The van der Waals surface area contributed by atoms with E-state index in [-0.39, 0.29) is 37.1 Å². The summed E-state index contributed by atoms with van der Waals surface area (Å²) < 4.78 is 13.6. The Kier molecular flexibility index (Phi) is 7.57. The van der Waals surface area contributed by atoms with Gasteiger partial charge in [-0.05, 0) is 18.4 Å². The molecule has 0 aliphatic carbocycles. The molecule has 0 aliphatic rings. The first-order chi connectivity index (χ1) is 10.4. The van der Waals surface area contributed by atoms with Gasteiger partial charge in [0.15, 0.2) is 0 Å². The van der Waals surface area contributed by atoms with Gasteiger partial charge in [-0.1, -0.05) is 32.0 Å². The molecule has 22 heavy (non-hydrogen) atoms. The van der Waals surface area contributed by atoms with Gasteiger partial charge in [-0.3, -0.25) is 9.59 Å². The quantitative estimate of drug-likeness (QED) is 0.803. The molecule has 0 spiro atoms. The number of amides is 2. The maximum absolute atomic E-state index is 13.6. The number of benzene rings is 1. The first-order valence-electron chi connectivity index (χ1n) is 7.65. The van der Waals surface area contributed by atoms with E-state index in [1.807, 2.05) is 0 Å². The summed E-state index contributed by atoms with van der Waals surface area (Å²) in [6, 6.07) is 6.36. The van der Waals surface area contributed by atoms with Crippen molar-refractivity contribution >= 4 is 11.8 Å². The fraction of sp³-hybridized carbons (Fsp3) is 0.529. The van der Waals surface area contributed by atoms with Gasteiger partial charge in [0, 0.05) is 38.5 Å². The normalized spacial score (nSPS) is 10.6. The minimum Gasteiger partial charge on any atom is -0.356 e. The van der Waals surface area contributed by atoms with Gasteiger partial charge in [0.2, 0.25) is 11.8 Å². The largest absolute Gasteiger partial charge is 0.356 e. The molecule has 0 radical (unpaired) electrons. The summed E-state index contributed by atoms with van der Waals surface area (Å²) >= 11 is 0. The van der Waals surface area contributed by atoms with Gasteiger partial charge in [-0.2, -0.15) is 0 Å². The van der Waals surface area contributed by atoms with E-state index in [0.29, 0.717) is 18.0 Å². The van der Waals surface area contributed by atoms with Gasteiger partial charge in [0.1, 0.15) is 5.82 Å². The molecule has 0 aliphatic heterocycles. The van der Waals surface area contributed by atoms with Gasteiger partial charge in [-0.15, -0.1) is 0 Å². The highest BCUT2D eigenvalue weighted by Crippen LogP contribution is 2.10. The molecule has 1 aromatic rings. The maximum atomic E-state index is 13.6. The maximum Gasteiger partial charge on any atom is 0.221 e. The summed E-state index contributed by atoms with van der Waals surface area (Å²) in [5.74, 6) is -0.0520. The number of hydrogen-bond donors (Lipinski definition) is 1. The molecule has 122 valence electrons. The highest BCUT2D eigenvalue weighted by atomic mass is 19.1. The molecular formula is C17H25FN2O2. The highest BCUT2D eigenvalue weighted by molar-refractivity contribution is 5.78. The van der Waals surface area contributed by atoms with Gasteiger partial charge < -0.3 is 10.2 Å². The van der Waals surface area contributed by atoms with E-state index < -0.39 is 0 Å². The molecule has 0 bridgehead atoms. The average molecular weight is 308 g/mol. The lowest BCUT2D eigenvalue weighted by atomic mass is 10.1. The van der Waals surface area contributed by atoms with Crippen LogP contribution in [0.3, 0.4) is 0 Å². The van der Waals surface area contributed by atoms with Gasteiger partial charge in [-0.25, -0.2) is 4.39 Å². The van der Waals surface area contributed by atoms with E-state index in [4.69, 9.17) is 0 Å². The van der Waals surface area contributed by atoms with E-state index in [1.165, 1.54) is 17.9 Å². The van der Waals surface area contributed by atoms with Crippen molar-refractivity contribution in [3.63, 3.8) is 0 Å². The van der Waals surface area contributed by atoms with Crippen molar-refractivity contribution in [2.75, 3.05) is 13.1 Å². The van der Waals surface area contributed by atoms with E-state index >= 15 is 0 Å². The zero-order chi connectivity index (χ0) is 16.5. The number of nitrogens with one attached hydrogen (secondary N) is 1. The minimum absolute atomic E-state index is 0.0829. The molecule has 5 heteroatoms. The Morgan fingerprint density at radius 1 is 1.27 bits per heavy atom. The molecule has 1 N–H and O–H groups in total. The second kappa shape index (κ2) is 9.18. The SMILES string of the molecule is CC(=O)N(CCC(=O)NCCC(C)C)Cc1ccccc1F. The van der Waals surface area contributed by atoms with Crippen LogP contribution in [0.25, 0.3) is 0 Å². The number of carbonyl (C=O) groups excluding carboxylic acids is 2.